The van der Waals surface area contributed by atoms with E-state index >= 15 is 0 Å². The summed E-state index contributed by atoms with van der Waals surface area (Å²) in [6, 6.07) is 0. The van der Waals surface area contributed by atoms with Gasteiger partial charge in [-0.3, -0.25) is 4.79 Å². The van der Waals surface area contributed by atoms with E-state index in [1.54, 1.807) is 30.3 Å². The third-order valence-electron chi connectivity index (χ3n) is 4.68. The van der Waals surface area contributed by atoms with Gasteiger partial charge in [-0.2, -0.15) is 0 Å². The summed E-state index contributed by atoms with van der Waals surface area (Å²) in [4.78, 5) is 24.2. The number of hydrogen-bond acceptors (Lipinski definition) is 4. The quantitative estimate of drug-likeness (QED) is 0.463. The zero-order valence-electron chi connectivity index (χ0n) is 14.1. The van der Waals surface area contributed by atoms with Crippen LogP contribution in [0.5, 0.6) is 0 Å². The summed E-state index contributed by atoms with van der Waals surface area (Å²) < 4.78 is 1.13. The fourth-order valence-electron chi connectivity index (χ4n) is 3.21. The highest BCUT2D eigenvalue weighted by molar-refractivity contribution is 5.96. The maximum absolute atomic E-state index is 12.2. The number of likely N-dealkylation sites (tertiary alicyclic amines) is 1. The van der Waals surface area contributed by atoms with Crippen LogP contribution in [0.15, 0.2) is 41.0 Å². The fraction of sp³-hybridized carbons (Fsp3) is 0.588. The monoisotopic (exact) mass is 319 g/mol. The molecule has 0 aromatic rings. The van der Waals surface area contributed by atoms with Gasteiger partial charge in [-0.15, -0.1) is 4.91 Å². The molecule has 1 amide bonds. The number of quaternary nitrogens is 1. The van der Waals surface area contributed by atoms with Crippen LogP contribution in [-0.2, 0) is 4.79 Å². The molecule has 2 rings (SSSR count). The van der Waals surface area contributed by atoms with Gasteiger partial charge in [-0.25, -0.2) is 0 Å². The second kappa shape index (κ2) is 8.06. The number of hydrogen-bond donors (Lipinski definition) is 1. The van der Waals surface area contributed by atoms with Gasteiger partial charge in [0.25, 0.3) is 5.91 Å². The van der Waals surface area contributed by atoms with Crippen molar-refractivity contribution in [2.75, 3.05) is 40.3 Å². The number of nitroso groups, excluding NO2 is 1. The minimum atomic E-state index is -0.0764. The van der Waals surface area contributed by atoms with Gasteiger partial charge in [-0.05, 0) is 36.6 Å². The van der Waals surface area contributed by atoms with Crippen molar-refractivity contribution in [2.45, 2.75) is 25.7 Å². The van der Waals surface area contributed by atoms with Crippen LogP contribution in [0.2, 0.25) is 0 Å². The summed E-state index contributed by atoms with van der Waals surface area (Å²) in [7, 11) is 4.10. The summed E-state index contributed by atoms with van der Waals surface area (Å²) >= 11 is 0. The molecular weight excluding hydrogens is 292 g/mol. The smallest absolute Gasteiger partial charge is 0.252 e. The zero-order chi connectivity index (χ0) is 16.7. The summed E-state index contributed by atoms with van der Waals surface area (Å²) in [5.74, 6) is -0.0764. The Hall–Kier alpha value is -1.95. The lowest BCUT2D eigenvalue weighted by atomic mass is 10.1. The average molecular weight is 319 g/mol. The number of nitrogens with zero attached hydrogens (tertiary/aromatic N) is 3. The van der Waals surface area contributed by atoms with E-state index in [-0.39, 0.29) is 5.91 Å². The van der Waals surface area contributed by atoms with E-state index < -0.39 is 0 Å². The van der Waals surface area contributed by atoms with Crippen molar-refractivity contribution in [3.8, 4) is 0 Å². The molecule has 0 saturated carbocycles. The standard InChI is InChI=1S/C17H26N4O2/c1-20-14-15(7-8-16(20)13-19-23)17(22)18-9-6-12-21(2)10-4-3-5-11-21/h7-8,13-14H,3-6,9-12H2,1-2H3/p+1/b16-13-. The Kier molecular flexibility index (Phi) is 6.10. The first-order valence-electron chi connectivity index (χ1n) is 8.31. The Morgan fingerprint density at radius 3 is 2.74 bits per heavy atom. The predicted molar refractivity (Wildman–Crippen MR) is 91.1 cm³/mol. The van der Waals surface area contributed by atoms with Crippen molar-refractivity contribution in [1.29, 1.82) is 0 Å². The zero-order valence-corrected chi connectivity index (χ0v) is 14.1. The molecule has 0 aromatic heterocycles. The lowest BCUT2D eigenvalue weighted by Crippen LogP contribution is -2.49. The maximum Gasteiger partial charge on any atom is 0.252 e. The molecule has 0 atom stereocenters. The number of allylic oxidation sites excluding steroid dienone is 1. The minimum Gasteiger partial charge on any atom is -0.352 e. The summed E-state index contributed by atoms with van der Waals surface area (Å²) in [6.07, 6.45) is 11.4. The molecule has 6 nitrogen and oxygen atoms in total. The molecule has 6 heteroatoms. The first-order chi connectivity index (χ1) is 11.0. The number of amides is 1. The molecule has 0 spiro atoms. The lowest BCUT2D eigenvalue weighted by Gasteiger charge is -2.37. The molecule has 1 saturated heterocycles. The maximum atomic E-state index is 12.2. The number of carbonyl (C=O) groups excluding carboxylic acids is 1. The molecule has 0 radical (unpaired) electrons. The predicted octanol–water partition coefficient (Wildman–Crippen LogP) is 2.12. The van der Waals surface area contributed by atoms with Crippen LogP contribution in [0.3, 0.4) is 0 Å². The minimum absolute atomic E-state index is 0.0764. The van der Waals surface area contributed by atoms with Gasteiger partial charge >= 0.3 is 0 Å². The SMILES string of the molecule is CN1C=C(C(=O)NCCC[N+]2(C)CCCCC2)C=C/C1=C/N=O. The number of nitrogens with one attached hydrogen (secondary N) is 1. The topological polar surface area (TPSA) is 61.8 Å². The van der Waals surface area contributed by atoms with E-state index in [2.05, 4.69) is 17.5 Å². The average Bonchev–Trinajstić information content (AvgIpc) is 2.54. The molecule has 1 fully saturated rings. The fourth-order valence-corrected chi connectivity index (χ4v) is 3.21. The molecule has 0 unspecified atom stereocenters. The van der Waals surface area contributed by atoms with E-state index in [4.69, 9.17) is 0 Å². The summed E-state index contributed by atoms with van der Waals surface area (Å²) in [5.41, 5.74) is 1.26. The van der Waals surface area contributed by atoms with Gasteiger partial charge in [0.2, 0.25) is 0 Å². The van der Waals surface area contributed by atoms with Gasteiger partial charge in [0.1, 0.15) is 0 Å². The molecule has 0 aromatic carbocycles. The Morgan fingerprint density at radius 2 is 2.09 bits per heavy atom. The molecule has 126 valence electrons. The second-order valence-electron chi connectivity index (χ2n) is 6.65. The Bertz CT molecular complexity index is 531. The van der Waals surface area contributed by atoms with Crippen LogP contribution in [0.1, 0.15) is 25.7 Å². The van der Waals surface area contributed by atoms with Crippen LogP contribution in [-0.4, -0.2) is 55.6 Å². The molecule has 0 aliphatic carbocycles. The molecule has 23 heavy (non-hydrogen) atoms. The Balaban J connectivity index is 1.75. The number of piperidine rings is 1. The van der Waals surface area contributed by atoms with E-state index in [9.17, 15) is 9.70 Å². The van der Waals surface area contributed by atoms with Crippen LogP contribution >= 0.6 is 0 Å². The van der Waals surface area contributed by atoms with Crippen molar-refractivity contribution < 1.29 is 9.28 Å². The van der Waals surface area contributed by atoms with Crippen molar-refractivity contribution in [3.05, 3.63) is 40.7 Å². The first-order valence-corrected chi connectivity index (χ1v) is 8.31. The highest BCUT2D eigenvalue weighted by Crippen LogP contribution is 2.17. The lowest BCUT2D eigenvalue weighted by molar-refractivity contribution is -0.914. The molecular formula is C17H27N4O2+. The van der Waals surface area contributed by atoms with Crippen molar-refractivity contribution >= 4 is 5.91 Å². The third kappa shape index (κ3) is 5.03. The van der Waals surface area contributed by atoms with E-state index in [1.807, 2.05) is 0 Å². The van der Waals surface area contributed by atoms with Gasteiger partial charge in [0, 0.05) is 26.2 Å². The third-order valence-corrected chi connectivity index (χ3v) is 4.68. The number of rotatable bonds is 6. The molecule has 2 heterocycles. The van der Waals surface area contributed by atoms with Crippen molar-refractivity contribution in [1.82, 2.24) is 10.2 Å². The largest absolute Gasteiger partial charge is 0.352 e. The first kappa shape index (κ1) is 17.4. The highest BCUT2D eigenvalue weighted by atomic mass is 16.2. The van der Waals surface area contributed by atoms with Gasteiger partial charge < -0.3 is 14.7 Å². The van der Waals surface area contributed by atoms with Crippen LogP contribution < -0.4 is 5.32 Å². The molecule has 2 aliphatic heterocycles. The number of likely N-dealkylation sites (N-methyl/N-ethyl adjacent to an activating group) is 1. The summed E-state index contributed by atoms with van der Waals surface area (Å²) in [6.45, 7) is 4.33. The highest BCUT2D eigenvalue weighted by Gasteiger charge is 2.23. The normalized spacial score (nSPS) is 21.9. The molecule has 1 N–H and O–H groups in total. The van der Waals surface area contributed by atoms with Gasteiger partial charge in [0.05, 0.1) is 44.2 Å². The van der Waals surface area contributed by atoms with Crippen molar-refractivity contribution in [3.63, 3.8) is 0 Å². The van der Waals surface area contributed by atoms with Crippen LogP contribution in [0, 0.1) is 4.91 Å². The molecule has 0 bridgehead atoms. The van der Waals surface area contributed by atoms with Gasteiger partial charge in [-0.1, -0.05) is 0 Å². The van der Waals surface area contributed by atoms with E-state index in [0.717, 1.165) is 17.4 Å². The van der Waals surface area contributed by atoms with Crippen molar-refractivity contribution in [2.24, 2.45) is 5.18 Å². The van der Waals surface area contributed by atoms with E-state index in [0.29, 0.717) is 17.8 Å². The van der Waals surface area contributed by atoms with E-state index in [1.165, 1.54) is 38.6 Å². The summed E-state index contributed by atoms with van der Waals surface area (Å²) in [5, 5.41) is 5.73. The molecule has 2 aliphatic rings. The Morgan fingerprint density at radius 1 is 1.35 bits per heavy atom. The second-order valence-corrected chi connectivity index (χ2v) is 6.65. The van der Waals surface area contributed by atoms with Gasteiger partial charge in [0.15, 0.2) is 0 Å². The van der Waals surface area contributed by atoms with Crippen LogP contribution in [0.25, 0.3) is 0 Å². The number of carbonyl (C=O) groups is 1. The Labute approximate surface area is 138 Å². The van der Waals surface area contributed by atoms with Crippen LogP contribution in [0.4, 0.5) is 0 Å².